The van der Waals surface area contributed by atoms with Crippen LogP contribution in [0.4, 0.5) is 5.69 Å². The summed E-state index contributed by atoms with van der Waals surface area (Å²) in [5.41, 5.74) is 8.21. The molecule has 25 heavy (non-hydrogen) atoms. The summed E-state index contributed by atoms with van der Waals surface area (Å²) >= 11 is 1.62. The summed E-state index contributed by atoms with van der Waals surface area (Å²) in [6.45, 7) is 4.11. The molecule has 3 rings (SSSR count). The molecule has 6 heteroatoms. The summed E-state index contributed by atoms with van der Waals surface area (Å²) in [5, 5.41) is 13.5. The van der Waals surface area contributed by atoms with Crippen LogP contribution in [0.25, 0.3) is 11.1 Å². The molecule has 1 aromatic carbocycles. The molecule has 1 amide bonds. The van der Waals surface area contributed by atoms with Crippen molar-refractivity contribution in [2.75, 3.05) is 12.8 Å². The molecule has 132 valence electrons. The molecule has 0 radical (unpaired) electrons. The molecule has 0 aliphatic carbocycles. The number of benzene rings is 1. The van der Waals surface area contributed by atoms with Crippen molar-refractivity contribution in [1.29, 1.82) is 5.41 Å². The highest BCUT2D eigenvalue weighted by atomic mass is 32.1. The van der Waals surface area contributed by atoms with E-state index in [9.17, 15) is 4.79 Å². The normalized spacial score (nSPS) is 23.6. The fraction of sp³-hybridized carbons (Fsp3) is 0.368. The van der Waals surface area contributed by atoms with Crippen molar-refractivity contribution >= 4 is 28.9 Å². The number of nitrogen functional groups attached to an aromatic ring is 1. The summed E-state index contributed by atoms with van der Waals surface area (Å²) in [4.78, 5) is 15.2. The second kappa shape index (κ2) is 6.52. The van der Waals surface area contributed by atoms with Gasteiger partial charge in [0.05, 0.1) is 11.5 Å². The van der Waals surface area contributed by atoms with Gasteiger partial charge in [-0.3, -0.25) is 15.1 Å². The average Bonchev–Trinajstić information content (AvgIpc) is 3.08. The molecule has 1 saturated heterocycles. The van der Waals surface area contributed by atoms with Gasteiger partial charge < -0.3 is 11.1 Å². The largest absolute Gasteiger partial charge is 0.399 e. The topological polar surface area (TPSA) is 82.2 Å². The monoisotopic (exact) mass is 356 g/mol. The lowest BCUT2D eigenvalue weighted by Crippen LogP contribution is -2.63. The Hall–Kier alpha value is -2.34. The summed E-state index contributed by atoms with van der Waals surface area (Å²) < 4.78 is 0. The van der Waals surface area contributed by atoms with E-state index in [2.05, 4.69) is 23.7 Å². The molecular weight excluding hydrogens is 332 g/mol. The molecule has 1 aliphatic rings. The number of amides is 1. The Labute approximate surface area is 152 Å². The fourth-order valence-electron chi connectivity index (χ4n) is 3.42. The molecule has 0 bridgehead atoms. The summed E-state index contributed by atoms with van der Waals surface area (Å²) in [7, 11) is 1.66. The Morgan fingerprint density at radius 2 is 2.12 bits per heavy atom. The number of carbonyl (C=O) groups is 1. The number of nitrogens with zero attached hydrogens (tertiary/aromatic N) is 1. The van der Waals surface area contributed by atoms with Crippen LogP contribution >= 0.6 is 11.3 Å². The number of carbonyl (C=O) groups excluding carboxylic acids is 1. The van der Waals surface area contributed by atoms with Crippen LogP contribution in [0.2, 0.25) is 0 Å². The van der Waals surface area contributed by atoms with Crippen LogP contribution < -0.4 is 11.1 Å². The van der Waals surface area contributed by atoms with E-state index in [1.165, 1.54) is 4.90 Å². The minimum absolute atomic E-state index is 0.00649. The third-order valence-electron chi connectivity index (χ3n) is 4.95. The molecule has 1 aliphatic heterocycles. The first-order chi connectivity index (χ1) is 11.9. The minimum Gasteiger partial charge on any atom is -0.399 e. The third kappa shape index (κ3) is 3.02. The molecule has 1 fully saturated rings. The molecule has 1 aromatic heterocycles. The minimum atomic E-state index is -0.570. The van der Waals surface area contributed by atoms with E-state index in [0.29, 0.717) is 0 Å². The fourth-order valence-corrected chi connectivity index (χ4v) is 4.51. The van der Waals surface area contributed by atoms with E-state index in [4.69, 9.17) is 11.1 Å². The van der Waals surface area contributed by atoms with Crippen molar-refractivity contribution in [2.45, 2.75) is 32.2 Å². The zero-order valence-corrected chi connectivity index (χ0v) is 15.6. The molecule has 2 aromatic rings. The number of nitrogens with one attached hydrogen (secondary N) is 2. The lowest BCUT2D eigenvalue weighted by molar-refractivity contribution is -0.135. The molecular formula is C19H24N4OS. The molecule has 2 atom stereocenters. The van der Waals surface area contributed by atoms with Gasteiger partial charge in [0.25, 0.3) is 0 Å². The van der Waals surface area contributed by atoms with Crippen LogP contribution in [0, 0.1) is 11.3 Å². The summed E-state index contributed by atoms with van der Waals surface area (Å²) in [5.74, 6) is -0.0327. The van der Waals surface area contributed by atoms with Crippen molar-refractivity contribution in [1.82, 2.24) is 10.2 Å². The number of anilines is 1. The highest BCUT2D eigenvalue weighted by Crippen LogP contribution is 2.41. The predicted molar refractivity (Wildman–Crippen MR) is 104 cm³/mol. The van der Waals surface area contributed by atoms with Gasteiger partial charge in [0.15, 0.2) is 5.96 Å². The van der Waals surface area contributed by atoms with E-state index in [1.54, 1.807) is 18.4 Å². The zero-order valence-electron chi connectivity index (χ0n) is 14.8. The van der Waals surface area contributed by atoms with Gasteiger partial charge in [-0.25, -0.2) is 0 Å². The van der Waals surface area contributed by atoms with Crippen LogP contribution in [0.1, 0.15) is 31.6 Å². The second-order valence-electron chi connectivity index (χ2n) is 6.74. The van der Waals surface area contributed by atoms with E-state index in [1.807, 2.05) is 31.2 Å². The number of thiophene rings is 1. The molecule has 2 heterocycles. The van der Waals surface area contributed by atoms with Gasteiger partial charge in [-0.1, -0.05) is 25.5 Å². The van der Waals surface area contributed by atoms with Crippen molar-refractivity contribution in [3.8, 4) is 11.1 Å². The standard InChI is InChI=1S/C19H24N4OS/c1-4-6-15-17(24)23(3)18(21)22-19(15,2)16-10-13(11-25-16)12-7-5-8-14(20)9-12/h5,7-11,15H,4,6,20H2,1-3H3,(H2,21,22)/t15?,19-/m0/s1. The lowest BCUT2D eigenvalue weighted by Gasteiger charge is -2.45. The smallest absolute Gasteiger partial charge is 0.234 e. The van der Waals surface area contributed by atoms with E-state index < -0.39 is 5.54 Å². The van der Waals surface area contributed by atoms with Crippen LogP contribution in [-0.2, 0) is 10.3 Å². The number of rotatable bonds is 4. The van der Waals surface area contributed by atoms with Gasteiger partial charge in [0.2, 0.25) is 5.91 Å². The van der Waals surface area contributed by atoms with Gasteiger partial charge in [0.1, 0.15) is 0 Å². The highest BCUT2D eigenvalue weighted by Gasteiger charge is 2.47. The van der Waals surface area contributed by atoms with E-state index in [0.717, 1.165) is 34.5 Å². The molecule has 0 spiro atoms. The van der Waals surface area contributed by atoms with Gasteiger partial charge in [-0.2, -0.15) is 0 Å². The van der Waals surface area contributed by atoms with Crippen molar-refractivity contribution < 1.29 is 4.79 Å². The SMILES string of the molecule is CCCC1C(=O)N(C)C(=N)N[C@]1(C)c1cc(-c2cccc(N)c2)cs1. The van der Waals surface area contributed by atoms with Gasteiger partial charge in [-0.05, 0) is 48.1 Å². The maximum atomic E-state index is 12.8. The lowest BCUT2D eigenvalue weighted by atomic mass is 9.78. The molecule has 0 saturated carbocycles. The third-order valence-corrected chi connectivity index (χ3v) is 6.12. The zero-order chi connectivity index (χ0) is 18.2. The van der Waals surface area contributed by atoms with E-state index >= 15 is 0 Å². The molecule has 5 nitrogen and oxygen atoms in total. The van der Waals surface area contributed by atoms with Crippen molar-refractivity contribution in [3.63, 3.8) is 0 Å². The maximum absolute atomic E-state index is 12.8. The Morgan fingerprint density at radius 1 is 1.36 bits per heavy atom. The summed E-state index contributed by atoms with van der Waals surface area (Å²) in [6, 6.07) is 9.90. The number of guanidine groups is 1. The van der Waals surface area contributed by atoms with Gasteiger partial charge in [0, 0.05) is 17.6 Å². The van der Waals surface area contributed by atoms with Crippen molar-refractivity contribution in [3.05, 3.63) is 40.6 Å². The molecule has 1 unspecified atom stereocenters. The Kier molecular flexibility index (Phi) is 4.56. The number of hydrogen-bond acceptors (Lipinski definition) is 4. The van der Waals surface area contributed by atoms with Gasteiger partial charge >= 0.3 is 0 Å². The van der Waals surface area contributed by atoms with Crippen LogP contribution in [0.5, 0.6) is 0 Å². The molecule has 4 N–H and O–H groups in total. The maximum Gasteiger partial charge on any atom is 0.234 e. The number of nitrogens with two attached hydrogens (primary N) is 1. The quantitative estimate of drug-likeness (QED) is 0.732. The highest BCUT2D eigenvalue weighted by molar-refractivity contribution is 7.10. The average molecular weight is 356 g/mol. The van der Waals surface area contributed by atoms with Crippen LogP contribution in [0.15, 0.2) is 35.7 Å². The predicted octanol–water partition coefficient (Wildman–Crippen LogP) is 3.63. The Bertz CT molecular complexity index is 815. The first-order valence-corrected chi connectivity index (χ1v) is 9.34. The summed E-state index contributed by atoms with van der Waals surface area (Å²) in [6.07, 6.45) is 1.70. The second-order valence-corrected chi connectivity index (χ2v) is 7.65. The first kappa shape index (κ1) is 17.5. The van der Waals surface area contributed by atoms with Crippen LogP contribution in [0.3, 0.4) is 0 Å². The van der Waals surface area contributed by atoms with Crippen LogP contribution in [-0.4, -0.2) is 23.8 Å². The first-order valence-electron chi connectivity index (χ1n) is 8.46. The van der Waals surface area contributed by atoms with Gasteiger partial charge in [-0.15, -0.1) is 11.3 Å². The van der Waals surface area contributed by atoms with E-state index in [-0.39, 0.29) is 17.8 Å². The number of hydrogen-bond donors (Lipinski definition) is 3. The Balaban J connectivity index is 2.01. The Morgan fingerprint density at radius 3 is 2.80 bits per heavy atom. The van der Waals surface area contributed by atoms with Crippen molar-refractivity contribution in [2.24, 2.45) is 5.92 Å².